The zero-order valence-corrected chi connectivity index (χ0v) is 25.3. The lowest BCUT2D eigenvalue weighted by Gasteiger charge is -2.58. The third-order valence-corrected chi connectivity index (χ3v) is 9.39. The van der Waals surface area contributed by atoms with Crippen LogP contribution >= 0.6 is 0 Å². The van der Waals surface area contributed by atoms with Crippen molar-refractivity contribution in [1.29, 1.82) is 0 Å². The second-order valence-corrected chi connectivity index (χ2v) is 12.0. The van der Waals surface area contributed by atoms with E-state index in [0.717, 1.165) is 23.2 Å². The van der Waals surface area contributed by atoms with Gasteiger partial charge in [-0.3, -0.25) is 9.59 Å². The number of nitrogens with one attached hydrogen (secondary N) is 3. The Hall–Kier alpha value is -3.74. The number of aliphatic hydroxyl groups is 2. The highest BCUT2D eigenvalue weighted by Crippen LogP contribution is 2.61. The van der Waals surface area contributed by atoms with Gasteiger partial charge in [0.05, 0.1) is 23.0 Å². The minimum absolute atomic E-state index is 0.00843. The lowest BCUT2D eigenvalue weighted by Crippen LogP contribution is -2.71. The number of hydrogen-bond acceptors (Lipinski definition) is 9. The third-order valence-electron chi connectivity index (χ3n) is 9.39. The van der Waals surface area contributed by atoms with E-state index in [2.05, 4.69) is 25.5 Å². The van der Waals surface area contributed by atoms with Crippen molar-refractivity contribution < 1.29 is 34.1 Å². The smallest absolute Gasteiger partial charge is 0.334 e. The lowest BCUT2D eigenvalue weighted by molar-refractivity contribution is -0.163. The average Bonchev–Trinajstić information content (AvgIpc) is 3.61. The van der Waals surface area contributed by atoms with E-state index in [0.29, 0.717) is 23.6 Å². The molecule has 12 heteroatoms. The number of likely N-dealkylation sites (N-methyl/N-ethyl adjacent to an activating group) is 1. The number of aryl methyl sites for hydroxylation is 2. The Bertz CT molecular complexity index is 1420. The molecule has 1 spiro atoms. The summed E-state index contributed by atoms with van der Waals surface area (Å²) in [7, 11) is 2.00. The van der Waals surface area contributed by atoms with Gasteiger partial charge in [-0.1, -0.05) is 12.1 Å². The SMILES string of the molecule is Cc1ccc(C)c2c1O[C@H]1C(OC(=O)[C@H](Cc3c[nH]cn3)NC(=O)CCNC(=O)[C@H](C)O)=CC[C@@]3(O)[C@@H](C)N(C)CC[C@]213. The Morgan fingerprint density at radius 2 is 2.02 bits per heavy atom. The molecule has 1 aromatic carbocycles. The van der Waals surface area contributed by atoms with Gasteiger partial charge in [0.25, 0.3) is 0 Å². The summed E-state index contributed by atoms with van der Waals surface area (Å²) in [6, 6.07) is 2.77. The predicted molar refractivity (Wildman–Crippen MR) is 156 cm³/mol. The number of aromatic amines is 1. The van der Waals surface area contributed by atoms with Crippen LogP contribution in [-0.2, 0) is 31.0 Å². The summed E-state index contributed by atoms with van der Waals surface area (Å²) >= 11 is 0. The molecule has 2 amide bonds. The molecule has 2 aromatic rings. The first kappa shape index (κ1) is 30.7. The number of esters is 1. The summed E-state index contributed by atoms with van der Waals surface area (Å²) in [4.78, 5) is 47.4. The molecule has 1 aliphatic carbocycles. The maximum Gasteiger partial charge on any atom is 0.334 e. The van der Waals surface area contributed by atoms with Gasteiger partial charge < -0.3 is 40.2 Å². The van der Waals surface area contributed by atoms with Gasteiger partial charge in [0.2, 0.25) is 11.8 Å². The van der Waals surface area contributed by atoms with Gasteiger partial charge in [0.15, 0.2) is 6.10 Å². The van der Waals surface area contributed by atoms with Crippen molar-refractivity contribution in [3.8, 4) is 5.75 Å². The molecule has 43 heavy (non-hydrogen) atoms. The van der Waals surface area contributed by atoms with Crippen LogP contribution in [0.1, 0.15) is 55.5 Å². The van der Waals surface area contributed by atoms with E-state index in [1.165, 1.54) is 13.3 Å². The maximum absolute atomic E-state index is 13.7. The zero-order valence-electron chi connectivity index (χ0n) is 25.3. The molecule has 0 radical (unpaired) electrons. The number of aromatic nitrogens is 2. The van der Waals surface area contributed by atoms with Crippen LogP contribution in [0.15, 0.2) is 36.5 Å². The maximum atomic E-state index is 13.7. The highest BCUT2D eigenvalue weighted by molar-refractivity contribution is 5.86. The van der Waals surface area contributed by atoms with Gasteiger partial charge in [0.1, 0.15) is 23.7 Å². The van der Waals surface area contributed by atoms with Crippen LogP contribution in [0.2, 0.25) is 0 Å². The van der Waals surface area contributed by atoms with Gasteiger partial charge in [-0.25, -0.2) is 9.78 Å². The number of rotatable bonds is 9. The molecule has 1 fully saturated rings. The average molecular weight is 596 g/mol. The second kappa shape index (κ2) is 11.7. The standard InChI is InChI=1S/C31H41N5O7/c1-17-6-7-18(2)26-25(17)30-11-13-36(5)20(4)31(30,41)10-8-23(27(30)43-26)42-29(40)22(14-21-15-32-16-34-21)35-24(38)9-12-33-28(39)19(3)37/h6-8,15-16,19-20,22,27,37,41H,9-14H2,1-5H3,(H,32,34)(H,33,39)(H,35,38)/t19-,20+,22-,27-,30-,31+/m0/s1. The number of ether oxygens (including phenoxy) is 2. The number of imidazole rings is 1. The number of benzene rings is 1. The van der Waals surface area contributed by atoms with E-state index in [1.54, 1.807) is 12.3 Å². The molecular formula is C31H41N5O7. The van der Waals surface area contributed by atoms with Crippen molar-refractivity contribution >= 4 is 17.8 Å². The van der Waals surface area contributed by atoms with Crippen LogP contribution in [0.25, 0.3) is 0 Å². The van der Waals surface area contributed by atoms with Crippen molar-refractivity contribution in [1.82, 2.24) is 25.5 Å². The largest absolute Gasteiger partial charge is 0.481 e. The minimum Gasteiger partial charge on any atom is -0.481 e. The number of nitrogens with zero attached hydrogens (tertiary/aromatic N) is 2. The molecule has 0 bridgehead atoms. The van der Waals surface area contributed by atoms with E-state index in [4.69, 9.17) is 9.47 Å². The minimum atomic E-state index is -1.20. The van der Waals surface area contributed by atoms with Crippen molar-refractivity contribution in [3.05, 3.63) is 58.9 Å². The number of piperidine rings is 1. The molecule has 232 valence electrons. The topological polar surface area (TPSA) is 166 Å². The van der Waals surface area contributed by atoms with Crippen molar-refractivity contribution in [2.75, 3.05) is 20.1 Å². The van der Waals surface area contributed by atoms with Gasteiger partial charge in [-0.05, 0) is 64.9 Å². The number of H-pyrrole nitrogens is 1. The summed E-state index contributed by atoms with van der Waals surface area (Å²) in [5.74, 6) is -0.738. The van der Waals surface area contributed by atoms with Gasteiger partial charge >= 0.3 is 5.97 Å². The Morgan fingerprint density at radius 3 is 2.72 bits per heavy atom. The van der Waals surface area contributed by atoms with Crippen LogP contribution in [-0.4, -0.2) is 92.9 Å². The van der Waals surface area contributed by atoms with E-state index < -0.39 is 47.0 Å². The normalized spacial score (nSPS) is 27.5. The Morgan fingerprint density at radius 1 is 1.28 bits per heavy atom. The van der Waals surface area contributed by atoms with Crippen LogP contribution < -0.4 is 15.4 Å². The Kier molecular flexibility index (Phi) is 8.39. The quantitative estimate of drug-likeness (QED) is 0.265. The molecule has 3 heterocycles. The van der Waals surface area contributed by atoms with Crippen molar-refractivity contribution in [3.63, 3.8) is 0 Å². The molecule has 12 nitrogen and oxygen atoms in total. The molecule has 1 aromatic heterocycles. The Balaban J connectivity index is 1.42. The summed E-state index contributed by atoms with van der Waals surface area (Å²) in [5, 5.41) is 27.0. The zero-order chi connectivity index (χ0) is 31.1. The van der Waals surface area contributed by atoms with Crippen molar-refractivity contribution in [2.45, 2.75) is 88.7 Å². The number of amides is 2. The summed E-state index contributed by atoms with van der Waals surface area (Å²) in [6.07, 6.45) is 3.75. The monoisotopic (exact) mass is 595 g/mol. The number of carbonyl (C=O) groups is 3. The number of likely N-dealkylation sites (tertiary alicyclic amines) is 1. The van der Waals surface area contributed by atoms with E-state index >= 15 is 0 Å². The fraction of sp³-hybridized carbons (Fsp3) is 0.548. The van der Waals surface area contributed by atoms with Gasteiger partial charge in [0, 0.05) is 43.6 Å². The molecule has 2 aliphatic heterocycles. The highest BCUT2D eigenvalue weighted by atomic mass is 16.6. The third kappa shape index (κ3) is 5.32. The molecule has 0 saturated carbocycles. The van der Waals surface area contributed by atoms with Crippen molar-refractivity contribution in [2.24, 2.45) is 0 Å². The fourth-order valence-corrected chi connectivity index (χ4v) is 6.86. The van der Waals surface area contributed by atoms with E-state index in [-0.39, 0.29) is 31.8 Å². The van der Waals surface area contributed by atoms with Crippen LogP contribution in [0.5, 0.6) is 5.75 Å². The number of hydrogen-bond donors (Lipinski definition) is 5. The van der Waals surface area contributed by atoms with Gasteiger partial charge in [-0.2, -0.15) is 0 Å². The molecule has 5 N–H and O–H groups in total. The fourth-order valence-electron chi connectivity index (χ4n) is 6.86. The predicted octanol–water partition coefficient (Wildman–Crippen LogP) is 0.926. The molecule has 3 aliphatic rings. The number of fused-ring (bicyclic) bond motifs is 1. The van der Waals surface area contributed by atoms with E-state index in [1.807, 2.05) is 40.0 Å². The van der Waals surface area contributed by atoms with Gasteiger partial charge in [-0.15, -0.1) is 0 Å². The summed E-state index contributed by atoms with van der Waals surface area (Å²) in [6.45, 7) is 8.05. The highest BCUT2D eigenvalue weighted by Gasteiger charge is 2.69. The first-order valence-electron chi connectivity index (χ1n) is 14.7. The first-order chi connectivity index (χ1) is 20.4. The summed E-state index contributed by atoms with van der Waals surface area (Å²) < 4.78 is 12.7. The molecule has 6 atom stereocenters. The summed E-state index contributed by atoms with van der Waals surface area (Å²) in [5.41, 5.74) is 1.45. The molecule has 5 rings (SSSR count). The number of carbonyl (C=O) groups excluding carboxylic acids is 3. The Labute approximate surface area is 250 Å². The molecule has 1 saturated heterocycles. The first-order valence-corrected chi connectivity index (χ1v) is 14.7. The lowest BCUT2D eigenvalue weighted by atomic mass is 9.54. The molecular weight excluding hydrogens is 554 g/mol. The van der Waals surface area contributed by atoms with Crippen LogP contribution in [0.4, 0.5) is 0 Å². The second-order valence-electron chi connectivity index (χ2n) is 12.0. The van der Waals surface area contributed by atoms with E-state index in [9.17, 15) is 24.6 Å². The number of aliphatic hydroxyl groups excluding tert-OH is 1. The molecule has 0 unspecified atom stereocenters. The van der Waals surface area contributed by atoms with Crippen LogP contribution in [0, 0.1) is 13.8 Å². The van der Waals surface area contributed by atoms with Crippen LogP contribution in [0.3, 0.4) is 0 Å².